The second-order valence-electron chi connectivity index (χ2n) is 5.01. The molecule has 4 heteroatoms. The van der Waals surface area contributed by atoms with Crippen molar-refractivity contribution in [2.24, 2.45) is 0 Å². The van der Waals surface area contributed by atoms with Gasteiger partial charge in [0.05, 0.1) is 0 Å². The predicted octanol–water partition coefficient (Wildman–Crippen LogP) is 4.34. The molecule has 2 nitrogen and oxygen atoms in total. The molecule has 0 aliphatic carbocycles. The van der Waals surface area contributed by atoms with Gasteiger partial charge in [-0.1, -0.05) is 0 Å². The zero-order chi connectivity index (χ0) is 15.1. The van der Waals surface area contributed by atoms with Crippen molar-refractivity contribution >= 4 is 34.1 Å². The third-order valence-electron chi connectivity index (χ3n) is 3.16. The van der Waals surface area contributed by atoms with Gasteiger partial charge in [-0.05, 0) is 0 Å². The summed E-state index contributed by atoms with van der Waals surface area (Å²) in [5, 5.41) is 0. The average Bonchev–Trinajstić information content (AvgIpc) is 2.46. The van der Waals surface area contributed by atoms with Crippen LogP contribution >= 0.6 is 0 Å². The van der Waals surface area contributed by atoms with Gasteiger partial charge in [0.1, 0.15) is 0 Å². The van der Waals surface area contributed by atoms with Crippen LogP contribution in [0.25, 0.3) is 0 Å². The van der Waals surface area contributed by atoms with Crippen LogP contribution in [0.5, 0.6) is 0 Å². The number of rotatable bonds is 15. The number of hydrogen-bond acceptors (Lipinski definition) is 2. The van der Waals surface area contributed by atoms with Crippen molar-refractivity contribution in [1.29, 1.82) is 0 Å². The second-order valence-corrected chi connectivity index (χ2v) is 17.3. The minimum atomic E-state index is 0.238. The molecule has 0 fully saturated rings. The van der Waals surface area contributed by atoms with Crippen LogP contribution in [0.2, 0.25) is 8.94 Å². The fourth-order valence-electron chi connectivity index (χ4n) is 2.01. The van der Waals surface area contributed by atoms with Crippen molar-refractivity contribution in [2.45, 2.75) is 87.4 Å². The van der Waals surface area contributed by atoms with Gasteiger partial charge in [0.25, 0.3) is 0 Å². The quantitative estimate of drug-likeness (QED) is 0.240. The molecule has 0 aromatic rings. The van der Waals surface area contributed by atoms with Gasteiger partial charge >= 0.3 is 144 Å². The van der Waals surface area contributed by atoms with Crippen LogP contribution < -0.4 is 0 Å². The monoisotopic (exact) mass is 518 g/mol. The SMILES string of the molecule is CCCCC(C[Te][Te]CC(CCCC)OCC)OCC. The van der Waals surface area contributed by atoms with E-state index in [1.165, 1.54) is 47.5 Å². The van der Waals surface area contributed by atoms with Crippen molar-refractivity contribution in [3.63, 3.8) is 0 Å². The molecule has 0 heterocycles. The molecule has 2 atom stereocenters. The van der Waals surface area contributed by atoms with Gasteiger partial charge in [-0.25, -0.2) is 0 Å². The summed E-state index contributed by atoms with van der Waals surface area (Å²) in [5.41, 5.74) is 0. The molecule has 0 N–H and O–H groups in total. The standard InChI is InChI=1S/C16H34O2Te2/c1-5-9-11-15(17-7-3)13-19-20-14-16(18-8-4)12-10-6-2/h15-16H,5-14H2,1-4H3. The fraction of sp³-hybridized carbons (Fsp3) is 1.00. The Morgan fingerprint density at radius 3 is 1.40 bits per heavy atom. The zero-order valence-corrected chi connectivity index (χ0v) is 18.5. The van der Waals surface area contributed by atoms with Crippen LogP contribution in [-0.4, -0.2) is 59.5 Å². The van der Waals surface area contributed by atoms with Gasteiger partial charge in [-0.2, -0.15) is 0 Å². The van der Waals surface area contributed by atoms with Crippen LogP contribution in [0.3, 0.4) is 0 Å². The maximum absolute atomic E-state index is 5.89. The summed E-state index contributed by atoms with van der Waals surface area (Å²) in [6.45, 7) is 10.6. The number of hydrogen-bond donors (Lipinski definition) is 0. The topological polar surface area (TPSA) is 18.5 Å². The Balaban J connectivity index is 3.75. The third-order valence-corrected chi connectivity index (χ3v) is 14.9. The first-order valence-electron chi connectivity index (χ1n) is 8.25. The average molecular weight is 514 g/mol. The molecule has 0 bridgehead atoms. The first-order valence-corrected chi connectivity index (χ1v) is 18.9. The van der Waals surface area contributed by atoms with E-state index in [9.17, 15) is 0 Å². The molecule has 0 rings (SSSR count). The number of ether oxygens (including phenoxy) is 2. The number of unbranched alkanes of at least 4 members (excludes halogenated alkanes) is 2. The second kappa shape index (κ2) is 16.9. The van der Waals surface area contributed by atoms with E-state index in [4.69, 9.17) is 9.47 Å². The van der Waals surface area contributed by atoms with E-state index < -0.39 is 0 Å². The maximum atomic E-state index is 5.89. The summed E-state index contributed by atoms with van der Waals surface area (Å²) in [5.74, 6) is 0. The predicted molar refractivity (Wildman–Crippen MR) is 91.0 cm³/mol. The molecular formula is C16H34O2Te2. The molecule has 0 radical (unpaired) electrons. The van der Waals surface area contributed by atoms with E-state index in [0.717, 1.165) is 13.2 Å². The van der Waals surface area contributed by atoms with Crippen molar-refractivity contribution in [2.75, 3.05) is 13.2 Å². The summed E-state index contributed by atoms with van der Waals surface area (Å²) >= 11 is 0.476. The first-order chi connectivity index (χ1) is 9.78. The Morgan fingerprint density at radius 1 is 0.700 bits per heavy atom. The Labute approximate surface area is 143 Å². The molecule has 0 saturated carbocycles. The van der Waals surface area contributed by atoms with Crippen molar-refractivity contribution in [1.82, 2.24) is 0 Å². The van der Waals surface area contributed by atoms with E-state index in [0.29, 0.717) is 12.2 Å². The molecular weight excluding hydrogens is 479 g/mol. The Morgan fingerprint density at radius 2 is 1.10 bits per heavy atom. The first kappa shape index (κ1) is 21.5. The van der Waals surface area contributed by atoms with E-state index in [1.54, 1.807) is 0 Å². The molecule has 0 saturated heterocycles. The van der Waals surface area contributed by atoms with Crippen LogP contribution in [0.15, 0.2) is 0 Å². The zero-order valence-electron chi connectivity index (χ0n) is 13.9. The molecule has 2 unspecified atom stereocenters. The molecule has 0 aromatic carbocycles. The normalized spacial score (nSPS) is 14.4. The van der Waals surface area contributed by atoms with Gasteiger partial charge in [0, 0.05) is 0 Å². The van der Waals surface area contributed by atoms with Gasteiger partial charge in [-0.15, -0.1) is 0 Å². The van der Waals surface area contributed by atoms with Crippen LogP contribution in [0.4, 0.5) is 0 Å². The van der Waals surface area contributed by atoms with Gasteiger partial charge < -0.3 is 0 Å². The minimum absolute atomic E-state index is 0.238. The Kier molecular flexibility index (Phi) is 18.1. The van der Waals surface area contributed by atoms with Crippen LogP contribution in [0, 0.1) is 0 Å². The van der Waals surface area contributed by atoms with Gasteiger partial charge in [-0.3, -0.25) is 0 Å². The van der Waals surface area contributed by atoms with Gasteiger partial charge in [0.2, 0.25) is 0 Å². The molecule has 0 aliphatic heterocycles. The fourth-order valence-corrected chi connectivity index (χ4v) is 14.4. The van der Waals surface area contributed by atoms with Crippen LogP contribution in [0.1, 0.15) is 66.2 Å². The third kappa shape index (κ3) is 13.2. The molecule has 0 aromatic heterocycles. The Hall–Kier alpha value is 1.50. The van der Waals surface area contributed by atoms with Gasteiger partial charge in [0.15, 0.2) is 0 Å². The summed E-state index contributed by atoms with van der Waals surface area (Å²) in [6.07, 6.45) is 8.97. The van der Waals surface area contributed by atoms with E-state index in [1.807, 2.05) is 0 Å². The Bertz CT molecular complexity index is 171. The summed E-state index contributed by atoms with van der Waals surface area (Å²) in [7, 11) is 0. The van der Waals surface area contributed by atoms with E-state index in [2.05, 4.69) is 27.7 Å². The van der Waals surface area contributed by atoms with Crippen molar-refractivity contribution in [3.05, 3.63) is 0 Å². The van der Waals surface area contributed by atoms with Crippen molar-refractivity contribution in [3.8, 4) is 0 Å². The van der Waals surface area contributed by atoms with Crippen LogP contribution in [-0.2, 0) is 9.47 Å². The summed E-state index contributed by atoms with van der Waals surface area (Å²) in [6, 6.07) is 0. The molecule has 0 spiro atoms. The summed E-state index contributed by atoms with van der Waals surface area (Å²) in [4.78, 5) is 0. The molecule has 0 amide bonds. The molecule has 122 valence electrons. The van der Waals surface area contributed by atoms with E-state index in [-0.39, 0.29) is 34.1 Å². The van der Waals surface area contributed by atoms with Crippen molar-refractivity contribution < 1.29 is 9.47 Å². The summed E-state index contributed by atoms with van der Waals surface area (Å²) < 4.78 is 14.6. The van der Waals surface area contributed by atoms with E-state index >= 15 is 0 Å². The molecule has 20 heavy (non-hydrogen) atoms. The molecule has 0 aliphatic rings.